The molecule has 2 fully saturated rings. The molecule has 2 amide bonds. The molecule has 3 aliphatic rings. The first-order valence-corrected chi connectivity index (χ1v) is 11.4. The van der Waals surface area contributed by atoms with E-state index in [2.05, 4.69) is 12.1 Å². The van der Waals surface area contributed by atoms with Gasteiger partial charge in [0, 0.05) is 59.8 Å². The summed E-state index contributed by atoms with van der Waals surface area (Å²) in [4.78, 5) is 29.1. The minimum absolute atomic E-state index is 0.0641. The van der Waals surface area contributed by atoms with E-state index in [1.165, 1.54) is 6.26 Å². The van der Waals surface area contributed by atoms with Crippen LogP contribution in [0, 0.1) is 11.3 Å². The molecule has 0 radical (unpaired) electrons. The summed E-state index contributed by atoms with van der Waals surface area (Å²) in [6.07, 6.45) is 5.86. The predicted molar refractivity (Wildman–Crippen MR) is 105 cm³/mol. The topological polar surface area (TPSA) is 83.7 Å². The summed E-state index contributed by atoms with van der Waals surface area (Å²) in [6, 6.07) is 1.61. The van der Waals surface area contributed by atoms with Gasteiger partial charge in [-0.1, -0.05) is 12.1 Å². The Morgan fingerprint density at radius 2 is 1.89 bits per heavy atom. The van der Waals surface area contributed by atoms with E-state index in [0.29, 0.717) is 30.5 Å². The lowest BCUT2D eigenvalue weighted by Gasteiger charge is -2.50. The number of hydrogen-bond donors (Lipinski definition) is 0. The number of nitrogens with zero attached hydrogens (tertiary/aromatic N) is 3. The van der Waals surface area contributed by atoms with Gasteiger partial charge in [0.25, 0.3) is 5.91 Å². The monoisotopic (exact) mass is 405 g/mol. The van der Waals surface area contributed by atoms with Crippen LogP contribution in [0.2, 0.25) is 0 Å². The fraction of sp³-hybridized carbons (Fsp3) is 0.650. The standard InChI is InChI=1S/C20H27N3O4S/c1-15-13-23(19(25)17-4-11-27-21-17)10-7-20(15)5-8-22(9-6-20)18(24)16-3-2-12-28(26)14-16/h4,11,14-15H,2-3,5-10,12-13H2,1H3. The highest BCUT2D eigenvalue weighted by molar-refractivity contribution is 7.88. The molecule has 2 atom stereocenters. The van der Waals surface area contributed by atoms with E-state index in [0.717, 1.165) is 50.8 Å². The molecule has 1 aromatic rings. The third-order valence-electron chi connectivity index (χ3n) is 6.75. The number of aromatic nitrogens is 1. The molecule has 0 N–H and O–H groups in total. The van der Waals surface area contributed by atoms with Gasteiger partial charge < -0.3 is 14.3 Å². The maximum atomic E-state index is 12.8. The van der Waals surface area contributed by atoms with Gasteiger partial charge >= 0.3 is 0 Å². The van der Waals surface area contributed by atoms with Crippen molar-refractivity contribution in [3.8, 4) is 0 Å². The molecule has 0 aromatic carbocycles. The Hall–Kier alpha value is -1.96. The number of carbonyl (C=O) groups excluding carboxylic acids is 2. The molecule has 2 saturated heterocycles. The van der Waals surface area contributed by atoms with Crippen LogP contribution in [0.5, 0.6) is 0 Å². The SMILES string of the molecule is CC1CN(C(=O)c2ccon2)CCC12CCN(C(=O)C1=CS(=O)CCC1)CC2. The minimum atomic E-state index is -0.992. The lowest BCUT2D eigenvalue weighted by molar-refractivity contribution is -0.131. The van der Waals surface area contributed by atoms with Crippen LogP contribution in [0.25, 0.3) is 0 Å². The number of carbonyl (C=O) groups is 2. The van der Waals surface area contributed by atoms with Crippen LogP contribution in [0.15, 0.2) is 27.8 Å². The Morgan fingerprint density at radius 3 is 2.50 bits per heavy atom. The zero-order valence-electron chi connectivity index (χ0n) is 16.3. The molecular formula is C20H27N3O4S. The Morgan fingerprint density at radius 1 is 1.18 bits per heavy atom. The first-order valence-electron chi connectivity index (χ1n) is 10.1. The molecular weight excluding hydrogens is 378 g/mol. The van der Waals surface area contributed by atoms with Gasteiger partial charge in [0.05, 0.1) is 0 Å². The molecule has 0 saturated carbocycles. The van der Waals surface area contributed by atoms with Crippen LogP contribution in [0.1, 0.15) is 49.5 Å². The van der Waals surface area contributed by atoms with Gasteiger partial charge in [-0.05, 0) is 43.4 Å². The first-order chi connectivity index (χ1) is 13.5. The molecule has 2 unspecified atom stereocenters. The molecule has 1 aromatic heterocycles. The van der Waals surface area contributed by atoms with Crippen LogP contribution in [0.3, 0.4) is 0 Å². The molecule has 0 bridgehead atoms. The molecule has 28 heavy (non-hydrogen) atoms. The molecule has 4 heterocycles. The molecule has 3 aliphatic heterocycles. The van der Waals surface area contributed by atoms with Gasteiger partial charge in [-0.3, -0.25) is 13.8 Å². The number of rotatable bonds is 2. The number of hydrogen-bond acceptors (Lipinski definition) is 5. The van der Waals surface area contributed by atoms with Gasteiger partial charge in [-0.15, -0.1) is 0 Å². The fourth-order valence-corrected chi connectivity index (χ4v) is 5.91. The third kappa shape index (κ3) is 3.66. The lowest BCUT2D eigenvalue weighted by Crippen LogP contribution is -2.53. The second-order valence-corrected chi connectivity index (χ2v) is 9.68. The van der Waals surface area contributed by atoms with Crippen LogP contribution >= 0.6 is 0 Å². The summed E-state index contributed by atoms with van der Waals surface area (Å²) in [5.74, 6) is 1.03. The summed E-state index contributed by atoms with van der Waals surface area (Å²) in [6.45, 7) is 5.12. The second-order valence-electron chi connectivity index (χ2n) is 8.27. The number of piperidine rings is 2. The Bertz CT molecular complexity index is 796. The van der Waals surface area contributed by atoms with Gasteiger partial charge in [-0.25, -0.2) is 0 Å². The van der Waals surface area contributed by atoms with E-state index >= 15 is 0 Å². The number of likely N-dealkylation sites (tertiary alicyclic amines) is 2. The van der Waals surface area contributed by atoms with E-state index in [9.17, 15) is 13.8 Å². The molecule has 4 rings (SSSR count). The highest BCUT2D eigenvalue weighted by atomic mass is 32.2. The summed E-state index contributed by atoms with van der Waals surface area (Å²) in [5, 5.41) is 5.42. The van der Waals surface area contributed by atoms with Crippen LogP contribution in [-0.2, 0) is 15.6 Å². The van der Waals surface area contributed by atoms with E-state index in [1.807, 2.05) is 9.80 Å². The van der Waals surface area contributed by atoms with E-state index < -0.39 is 10.8 Å². The molecule has 152 valence electrons. The highest BCUT2D eigenvalue weighted by Gasteiger charge is 2.44. The zero-order chi connectivity index (χ0) is 19.7. The lowest BCUT2D eigenvalue weighted by atomic mass is 9.65. The maximum absolute atomic E-state index is 12.8. The summed E-state index contributed by atoms with van der Waals surface area (Å²) in [7, 11) is -0.992. The average Bonchev–Trinajstić information content (AvgIpc) is 3.24. The second kappa shape index (κ2) is 7.81. The van der Waals surface area contributed by atoms with Crippen molar-refractivity contribution >= 4 is 22.6 Å². The van der Waals surface area contributed by atoms with E-state index in [1.54, 1.807) is 11.5 Å². The molecule has 1 spiro atoms. The van der Waals surface area contributed by atoms with Crippen molar-refractivity contribution in [3.63, 3.8) is 0 Å². The smallest absolute Gasteiger partial charge is 0.276 e. The van der Waals surface area contributed by atoms with Crippen molar-refractivity contribution in [3.05, 3.63) is 29.0 Å². The van der Waals surface area contributed by atoms with Gasteiger partial charge in [-0.2, -0.15) is 0 Å². The van der Waals surface area contributed by atoms with E-state index in [4.69, 9.17) is 4.52 Å². The van der Waals surface area contributed by atoms with Crippen molar-refractivity contribution in [2.45, 2.75) is 39.0 Å². The molecule has 7 nitrogen and oxygen atoms in total. The summed E-state index contributed by atoms with van der Waals surface area (Å²) >= 11 is 0. The maximum Gasteiger partial charge on any atom is 0.276 e. The fourth-order valence-electron chi connectivity index (χ4n) is 4.83. The highest BCUT2D eigenvalue weighted by Crippen LogP contribution is 2.45. The van der Waals surface area contributed by atoms with Crippen LogP contribution in [-0.4, -0.2) is 62.9 Å². The summed E-state index contributed by atoms with van der Waals surface area (Å²) < 4.78 is 16.5. The normalized spacial score (nSPS) is 27.5. The zero-order valence-corrected chi connectivity index (χ0v) is 17.1. The van der Waals surface area contributed by atoms with Gasteiger partial charge in [0.1, 0.15) is 6.26 Å². The van der Waals surface area contributed by atoms with Gasteiger partial charge in [0.2, 0.25) is 5.91 Å². The van der Waals surface area contributed by atoms with Gasteiger partial charge in [0.15, 0.2) is 5.69 Å². The van der Waals surface area contributed by atoms with Crippen LogP contribution in [0.4, 0.5) is 0 Å². The van der Waals surface area contributed by atoms with Crippen molar-refractivity contribution < 1.29 is 18.3 Å². The van der Waals surface area contributed by atoms with E-state index in [-0.39, 0.29) is 17.2 Å². The summed E-state index contributed by atoms with van der Waals surface area (Å²) in [5.41, 5.74) is 1.27. The Balaban J connectivity index is 1.36. The largest absolute Gasteiger partial charge is 0.364 e. The first kappa shape index (κ1) is 19.4. The third-order valence-corrected chi connectivity index (χ3v) is 7.99. The van der Waals surface area contributed by atoms with Crippen LogP contribution < -0.4 is 0 Å². The van der Waals surface area contributed by atoms with Crippen molar-refractivity contribution in [1.82, 2.24) is 15.0 Å². The Kier molecular flexibility index (Phi) is 5.40. The Labute approximate surface area is 167 Å². The van der Waals surface area contributed by atoms with Crippen molar-refractivity contribution in [2.24, 2.45) is 11.3 Å². The van der Waals surface area contributed by atoms with Crippen molar-refractivity contribution in [2.75, 3.05) is 31.9 Å². The minimum Gasteiger partial charge on any atom is -0.364 e. The molecule has 8 heteroatoms. The quantitative estimate of drug-likeness (QED) is 0.753. The predicted octanol–water partition coefficient (Wildman–Crippen LogP) is 2.19. The molecule has 0 aliphatic carbocycles. The number of amides is 2. The van der Waals surface area contributed by atoms with Crippen molar-refractivity contribution in [1.29, 1.82) is 0 Å². The average molecular weight is 406 g/mol.